The summed E-state index contributed by atoms with van der Waals surface area (Å²) in [5.74, 6) is 0.864. The Labute approximate surface area is 122 Å². The van der Waals surface area contributed by atoms with Gasteiger partial charge >= 0.3 is 0 Å². The monoisotopic (exact) mass is 270 g/mol. The molecule has 2 aromatic rings. The molecule has 20 heavy (non-hydrogen) atoms. The van der Waals surface area contributed by atoms with Crippen LogP contribution in [0.3, 0.4) is 0 Å². The fourth-order valence-electron chi connectivity index (χ4n) is 3.55. The van der Waals surface area contributed by atoms with Crippen LogP contribution >= 0.6 is 0 Å². The van der Waals surface area contributed by atoms with E-state index in [0.29, 0.717) is 6.04 Å². The fourth-order valence-corrected chi connectivity index (χ4v) is 3.55. The highest BCUT2D eigenvalue weighted by molar-refractivity contribution is 5.82. The molecule has 1 aliphatic rings. The molecule has 108 valence electrons. The summed E-state index contributed by atoms with van der Waals surface area (Å²) in [6, 6.07) is 9.34. The van der Waals surface area contributed by atoms with Crippen molar-refractivity contribution in [1.82, 2.24) is 10.3 Å². The molecule has 1 fully saturated rings. The summed E-state index contributed by atoms with van der Waals surface area (Å²) in [4.78, 5) is 3.29. The highest BCUT2D eigenvalue weighted by atomic mass is 14.9. The van der Waals surface area contributed by atoms with Gasteiger partial charge in [0.1, 0.15) is 0 Å². The Morgan fingerprint density at radius 2 is 1.95 bits per heavy atom. The molecule has 0 spiro atoms. The number of benzene rings is 1. The maximum atomic E-state index is 3.76. The van der Waals surface area contributed by atoms with Crippen LogP contribution < -0.4 is 5.32 Å². The lowest BCUT2D eigenvalue weighted by atomic mass is 9.93. The van der Waals surface area contributed by atoms with Gasteiger partial charge in [-0.05, 0) is 43.4 Å². The van der Waals surface area contributed by atoms with E-state index < -0.39 is 0 Å². The largest absolute Gasteiger partial charge is 0.361 e. The molecule has 2 nitrogen and oxygen atoms in total. The molecule has 0 saturated heterocycles. The minimum Gasteiger partial charge on any atom is -0.361 e. The van der Waals surface area contributed by atoms with E-state index in [4.69, 9.17) is 0 Å². The summed E-state index contributed by atoms with van der Waals surface area (Å²) in [7, 11) is 0. The van der Waals surface area contributed by atoms with Crippen LogP contribution in [-0.2, 0) is 6.54 Å². The maximum Gasteiger partial charge on any atom is 0.0457 e. The Morgan fingerprint density at radius 1 is 1.15 bits per heavy atom. The number of aromatic nitrogens is 1. The molecule has 0 unspecified atom stereocenters. The van der Waals surface area contributed by atoms with E-state index in [1.165, 1.54) is 55.0 Å². The van der Waals surface area contributed by atoms with Crippen molar-refractivity contribution in [3.8, 4) is 0 Å². The van der Waals surface area contributed by atoms with E-state index >= 15 is 0 Å². The minimum atomic E-state index is 0.627. The van der Waals surface area contributed by atoms with E-state index in [2.05, 4.69) is 41.5 Å². The Bertz CT molecular complexity index is 535. The summed E-state index contributed by atoms with van der Waals surface area (Å²) in [5, 5.41) is 5.12. The normalized spacial score (nSPS) is 19.1. The number of hydrogen-bond donors (Lipinski definition) is 2. The third kappa shape index (κ3) is 3.06. The van der Waals surface area contributed by atoms with Crippen LogP contribution in [0.1, 0.15) is 51.0 Å². The second kappa shape index (κ2) is 6.45. The lowest BCUT2D eigenvalue weighted by molar-refractivity contribution is 0.337. The minimum absolute atomic E-state index is 0.627. The van der Waals surface area contributed by atoms with Gasteiger partial charge in [0.2, 0.25) is 0 Å². The average molecular weight is 270 g/mol. The van der Waals surface area contributed by atoms with Gasteiger partial charge < -0.3 is 10.3 Å². The number of rotatable bonds is 4. The smallest absolute Gasteiger partial charge is 0.0457 e. The summed E-state index contributed by atoms with van der Waals surface area (Å²) < 4.78 is 0. The number of hydrogen-bond acceptors (Lipinski definition) is 1. The van der Waals surface area contributed by atoms with Crippen LogP contribution in [0.2, 0.25) is 0 Å². The summed E-state index contributed by atoms with van der Waals surface area (Å²) >= 11 is 0. The van der Waals surface area contributed by atoms with E-state index in [1.54, 1.807) is 0 Å². The zero-order valence-electron chi connectivity index (χ0n) is 12.5. The SMILES string of the molecule is C[C@@H](NCc1cccc2[nH]ccc12)C1CCCCCC1. The molecule has 1 atom stereocenters. The van der Waals surface area contributed by atoms with Gasteiger partial charge in [-0.2, -0.15) is 0 Å². The Balaban J connectivity index is 1.62. The third-order valence-electron chi connectivity index (χ3n) is 4.91. The van der Waals surface area contributed by atoms with Gasteiger partial charge in [-0.15, -0.1) is 0 Å². The van der Waals surface area contributed by atoms with Crippen molar-refractivity contribution in [2.45, 2.75) is 58.0 Å². The molecule has 1 aliphatic carbocycles. The van der Waals surface area contributed by atoms with Crippen LogP contribution in [0.5, 0.6) is 0 Å². The highest BCUT2D eigenvalue weighted by Crippen LogP contribution is 2.26. The van der Waals surface area contributed by atoms with E-state index in [-0.39, 0.29) is 0 Å². The van der Waals surface area contributed by atoms with Crippen LogP contribution in [0.25, 0.3) is 10.9 Å². The lowest BCUT2D eigenvalue weighted by Crippen LogP contribution is -2.32. The zero-order chi connectivity index (χ0) is 13.8. The Hall–Kier alpha value is -1.28. The maximum absolute atomic E-state index is 3.76. The number of H-pyrrole nitrogens is 1. The fraction of sp³-hybridized carbons (Fsp3) is 0.556. The van der Waals surface area contributed by atoms with Gasteiger partial charge in [0.25, 0.3) is 0 Å². The molecule has 0 aliphatic heterocycles. The molecule has 2 N–H and O–H groups in total. The molecule has 1 saturated carbocycles. The molecule has 0 radical (unpaired) electrons. The van der Waals surface area contributed by atoms with Gasteiger partial charge in [0.05, 0.1) is 0 Å². The topological polar surface area (TPSA) is 27.8 Å². The van der Waals surface area contributed by atoms with Crippen molar-refractivity contribution in [3.05, 3.63) is 36.0 Å². The van der Waals surface area contributed by atoms with Crippen molar-refractivity contribution in [1.29, 1.82) is 0 Å². The lowest BCUT2D eigenvalue weighted by Gasteiger charge is -2.24. The van der Waals surface area contributed by atoms with Gasteiger partial charge in [0, 0.05) is 29.7 Å². The summed E-state index contributed by atoms with van der Waals surface area (Å²) in [6.07, 6.45) is 10.6. The van der Waals surface area contributed by atoms with Crippen molar-refractivity contribution < 1.29 is 0 Å². The van der Waals surface area contributed by atoms with Crippen molar-refractivity contribution in [3.63, 3.8) is 0 Å². The molecule has 0 amide bonds. The Kier molecular flexibility index (Phi) is 4.41. The molecule has 1 aromatic carbocycles. The van der Waals surface area contributed by atoms with Gasteiger partial charge in [-0.25, -0.2) is 0 Å². The average Bonchev–Trinajstić information content (AvgIpc) is 2.79. The highest BCUT2D eigenvalue weighted by Gasteiger charge is 2.18. The molecule has 1 aromatic heterocycles. The standard InChI is InChI=1S/C18H26N2/c1-14(15-7-4-2-3-5-8-15)20-13-16-9-6-10-18-17(16)11-12-19-18/h6,9-12,14-15,19-20H,2-5,7-8,13H2,1H3/t14-/m1/s1. The second-order valence-corrected chi connectivity index (χ2v) is 6.28. The van der Waals surface area contributed by atoms with Crippen molar-refractivity contribution >= 4 is 10.9 Å². The van der Waals surface area contributed by atoms with Crippen molar-refractivity contribution in [2.24, 2.45) is 5.92 Å². The molecule has 2 heteroatoms. The van der Waals surface area contributed by atoms with Crippen molar-refractivity contribution in [2.75, 3.05) is 0 Å². The predicted molar refractivity (Wildman–Crippen MR) is 85.8 cm³/mol. The van der Waals surface area contributed by atoms with Crippen LogP contribution in [0.15, 0.2) is 30.5 Å². The summed E-state index contributed by atoms with van der Waals surface area (Å²) in [5.41, 5.74) is 2.65. The van der Waals surface area contributed by atoms with E-state index in [0.717, 1.165) is 12.5 Å². The van der Waals surface area contributed by atoms with Crippen LogP contribution in [0, 0.1) is 5.92 Å². The van der Waals surface area contributed by atoms with E-state index in [1.807, 2.05) is 6.20 Å². The molecule has 3 rings (SSSR count). The molecular weight excluding hydrogens is 244 g/mol. The van der Waals surface area contributed by atoms with Gasteiger partial charge in [-0.3, -0.25) is 0 Å². The van der Waals surface area contributed by atoms with Gasteiger partial charge in [-0.1, -0.05) is 37.8 Å². The van der Waals surface area contributed by atoms with Crippen LogP contribution in [0.4, 0.5) is 0 Å². The summed E-state index contributed by atoms with van der Waals surface area (Å²) in [6.45, 7) is 3.35. The molecule has 0 bridgehead atoms. The third-order valence-corrected chi connectivity index (χ3v) is 4.91. The van der Waals surface area contributed by atoms with E-state index in [9.17, 15) is 0 Å². The number of aromatic amines is 1. The second-order valence-electron chi connectivity index (χ2n) is 6.28. The zero-order valence-corrected chi connectivity index (χ0v) is 12.5. The molecule has 1 heterocycles. The first-order chi connectivity index (χ1) is 9.84. The number of fused-ring (bicyclic) bond motifs is 1. The first-order valence-electron chi connectivity index (χ1n) is 8.13. The first kappa shape index (κ1) is 13.7. The van der Waals surface area contributed by atoms with Crippen LogP contribution in [-0.4, -0.2) is 11.0 Å². The Morgan fingerprint density at radius 3 is 2.75 bits per heavy atom. The van der Waals surface area contributed by atoms with Gasteiger partial charge in [0.15, 0.2) is 0 Å². The number of nitrogens with one attached hydrogen (secondary N) is 2. The molecular formula is C18H26N2. The first-order valence-corrected chi connectivity index (χ1v) is 8.13. The predicted octanol–water partition coefficient (Wildman–Crippen LogP) is 4.62. The quantitative estimate of drug-likeness (QED) is 0.780.